The molecule has 0 aromatic heterocycles. The van der Waals surface area contributed by atoms with E-state index in [2.05, 4.69) is 4.90 Å². The molecule has 1 rings (SSSR count). The highest BCUT2D eigenvalue weighted by molar-refractivity contribution is 7.89. The predicted octanol–water partition coefficient (Wildman–Crippen LogP) is -0.183. The Morgan fingerprint density at radius 2 is 2.18 bits per heavy atom. The van der Waals surface area contributed by atoms with Gasteiger partial charge in [-0.25, -0.2) is 12.7 Å². The van der Waals surface area contributed by atoms with Crippen LogP contribution in [0.4, 0.5) is 0 Å². The number of rotatable bonds is 5. The molecule has 0 bridgehead atoms. The Morgan fingerprint density at radius 1 is 1.53 bits per heavy atom. The lowest BCUT2D eigenvalue weighted by Gasteiger charge is -2.35. The fourth-order valence-corrected chi connectivity index (χ4v) is 3.37. The summed E-state index contributed by atoms with van der Waals surface area (Å²) in [6.07, 6.45) is 1.47. The van der Waals surface area contributed by atoms with Crippen LogP contribution in [0.25, 0.3) is 0 Å². The van der Waals surface area contributed by atoms with Crippen molar-refractivity contribution in [2.45, 2.75) is 25.3 Å². The van der Waals surface area contributed by atoms with Crippen LogP contribution in [0.15, 0.2) is 0 Å². The van der Waals surface area contributed by atoms with E-state index in [-0.39, 0.29) is 18.2 Å². The summed E-state index contributed by atoms with van der Waals surface area (Å²) in [4.78, 5) is 12.5. The van der Waals surface area contributed by atoms with E-state index in [1.165, 1.54) is 4.31 Å². The average molecular weight is 264 g/mol. The third-order valence-corrected chi connectivity index (χ3v) is 5.02. The van der Waals surface area contributed by atoms with Gasteiger partial charge < -0.3 is 10.0 Å². The second kappa shape index (κ2) is 5.79. The number of carboxylic acids is 1. The number of hydrogen-bond acceptors (Lipinski definition) is 4. The Bertz CT molecular complexity index is 369. The van der Waals surface area contributed by atoms with Crippen molar-refractivity contribution in [2.75, 3.05) is 32.9 Å². The van der Waals surface area contributed by atoms with Crippen molar-refractivity contribution < 1.29 is 18.3 Å². The molecule has 1 fully saturated rings. The molecule has 6 nitrogen and oxygen atoms in total. The lowest BCUT2D eigenvalue weighted by Crippen LogP contribution is -2.47. The third-order valence-electron chi connectivity index (χ3n) is 3.13. The summed E-state index contributed by atoms with van der Waals surface area (Å²) in [5.41, 5.74) is 0. The summed E-state index contributed by atoms with van der Waals surface area (Å²) >= 11 is 0. The van der Waals surface area contributed by atoms with E-state index in [1.807, 2.05) is 7.05 Å². The van der Waals surface area contributed by atoms with E-state index in [0.29, 0.717) is 6.54 Å². The van der Waals surface area contributed by atoms with Gasteiger partial charge >= 0.3 is 5.97 Å². The zero-order chi connectivity index (χ0) is 13.1. The van der Waals surface area contributed by atoms with Gasteiger partial charge in [0.25, 0.3) is 0 Å². The normalized spacial score (nSPS) is 22.9. The van der Waals surface area contributed by atoms with Crippen molar-refractivity contribution in [1.29, 1.82) is 0 Å². The van der Waals surface area contributed by atoms with Crippen LogP contribution in [0.3, 0.4) is 0 Å². The van der Waals surface area contributed by atoms with Crippen LogP contribution >= 0.6 is 0 Å². The summed E-state index contributed by atoms with van der Waals surface area (Å²) in [7, 11) is 0.0523. The smallest absolute Gasteiger partial charge is 0.304 e. The SMILES string of the molecule is CN1CCCC(N(C)S(=O)(=O)CCC(=O)O)C1. The summed E-state index contributed by atoms with van der Waals surface area (Å²) in [5.74, 6) is -1.40. The quantitative estimate of drug-likeness (QED) is 0.745. The first-order chi connectivity index (χ1) is 7.83. The molecule has 100 valence electrons. The Morgan fingerprint density at radius 3 is 2.71 bits per heavy atom. The molecule has 0 saturated carbocycles. The van der Waals surface area contributed by atoms with E-state index < -0.39 is 16.0 Å². The lowest BCUT2D eigenvalue weighted by molar-refractivity contribution is -0.136. The van der Waals surface area contributed by atoms with Crippen molar-refractivity contribution in [2.24, 2.45) is 0 Å². The molecule has 1 aliphatic rings. The Hall–Kier alpha value is -0.660. The second-order valence-electron chi connectivity index (χ2n) is 4.53. The molecule has 0 amide bonds. The van der Waals surface area contributed by atoms with Gasteiger partial charge in [-0.1, -0.05) is 0 Å². The first-order valence-corrected chi connectivity index (χ1v) is 7.30. The van der Waals surface area contributed by atoms with Crippen LogP contribution in [0.2, 0.25) is 0 Å². The van der Waals surface area contributed by atoms with Crippen molar-refractivity contribution in [3.63, 3.8) is 0 Å². The minimum absolute atomic E-state index is 0.0347. The first-order valence-electron chi connectivity index (χ1n) is 5.69. The van der Waals surface area contributed by atoms with Gasteiger partial charge in [0, 0.05) is 19.6 Å². The number of sulfonamides is 1. The third kappa shape index (κ3) is 4.25. The number of aliphatic carboxylic acids is 1. The fourth-order valence-electron chi connectivity index (χ4n) is 2.02. The Labute approximate surface area is 102 Å². The summed E-state index contributed by atoms with van der Waals surface area (Å²) < 4.78 is 25.1. The zero-order valence-electron chi connectivity index (χ0n) is 10.3. The maximum atomic E-state index is 11.9. The van der Waals surface area contributed by atoms with Crippen LogP contribution in [0.5, 0.6) is 0 Å². The number of hydrogen-bond donors (Lipinski definition) is 1. The first kappa shape index (κ1) is 14.4. The summed E-state index contributed by atoms with van der Waals surface area (Å²) in [6, 6.07) is -0.0347. The zero-order valence-corrected chi connectivity index (χ0v) is 11.1. The minimum Gasteiger partial charge on any atom is -0.481 e. The van der Waals surface area contributed by atoms with Crippen LogP contribution in [-0.4, -0.2) is 67.7 Å². The van der Waals surface area contributed by atoms with E-state index >= 15 is 0 Å². The molecular weight excluding hydrogens is 244 g/mol. The van der Waals surface area contributed by atoms with Gasteiger partial charge in [0.1, 0.15) is 0 Å². The van der Waals surface area contributed by atoms with Gasteiger partial charge in [-0.05, 0) is 26.4 Å². The molecule has 17 heavy (non-hydrogen) atoms. The van der Waals surface area contributed by atoms with Crippen LogP contribution in [0.1, 0.15) is 19.3 Å². The Kier molecular flexibility index (Phi) is 4.91. The molecular formula is C10H20N2O4S. The maximum Gasteiger partial charge on any atom is 0.304 e. The van der Waals surface area contributed by atoms with Gasteiger partial charge in [-0.3, -0.25) is 4.79 Å². The van der Waals surface area contributed by atoms with Crippen LogP contribution in [-0.2, 0) is 14.8 Å². The van der Waals surface area contributed by atoms with E-state index in [0.717, 1.165) is 19.4 Å². The molecule has 1 saturated heterocycles. The summed E-state index contributed by atoms with van der Waals surface area (Å²) in [5, 5.41) is 8.52. The topological polar surface area (TPSA) is 77.9 Å². The van der Waals surface area contributed by atoms with Crippen LogP contribution < -0.4 is 0 Å². The molecule has 0 aromatic carbocycles. The number of likely N-dealkylation sites (N-methyl/N-ethyl adjacent to an activating group) is 2. The highest BCUT2D eigenvalue weighted by atomic mass is 32.2. The molecule has 1 N–H and O–H groups in total. The molecule has 7 heteroatoms. The van der Waals surface area contributed by atoms with Crippen LogP contribution in [0, 0.1) is 0 Å². The van der Waals surface area contributed by atoms with Crippen molar-refractivity contribution >= 4 is 16.0 Å². The van der Waals surface area contributed by atoms with Gasteiger partial charge in [-0.15, -0.1) is 0 Å². The summed E-state index contributed by atoms with van der Waals surface area (Å²) in [6.45, 7) is 1.70. The largest absolute Gasteiger partial charge is 0.481 e. The monoisotopic (exact) mass is 264 g/mol. The van der Waals surface area contributed by atoms with Gasteiger partial charge in [-0.2, -0.15) is 0 Å². The van der Waals surface area contributed by atoms with E-state index in [1.54, 1.807) is 7.05 Å². The van der Waals surface area contributed by atoms with E-state index in [4.69, 9.17) is 5.11 Å². The second-order valence-corrected chi connectivity index (χ2v) is 6.68. The van der Waals surface area contributed by atoms with Crippen molar-refractivity contribution in [1.82, 2.24) is 9.21 Å². The highest BCUT2D eigenvalue weighted by Gasteiger charge is 2.29. The standard InChI is InChI=1S/C10H20N2O4S/c1-11-6-3-4-9(8-11)12(2)17(15,16)7-5-10(13)14/h9H,3-8H2,1-2H3,(H,13,14). The molecule has 0 aromatic rings. The number of carboxylic acid groups (broad SMARTS) is 1. The Balaban J connectivity index is 2.60. The maximum absolute atomic E-state index is 11.9. The highest BCUT2D eigenvalue weighted by Crippen LogP contribution is 2.16. The van der Waals surface area contributed by atoms with Gasteiger partial charge in [0.05, 0.1) is 12.2 Å². The van der Waals surface area contributed by atoms with Gasteiger partial charge in [0.15, 0.2) is 0 Å². The molecule has 1 atom stereocenters. The molecule has 1 heterocycles. The van der Waals surface area contributed by atoms with Crippen molar-refractivity contribution in [3.05, 3.63) is 0 Å². The predicted molar refractivity (Wildman–Crippen MR) is 64.3 cm³/mol. The number of likely N-dealkylation sites (tertiary alicyclic amines) is 1. The molecule has 0 aliphatic carbocycles. The number of nitrogens with zero attached hydrogens (tertiary/aromatic N) is 2. The molecule has 0 spiro atoms. The minimum atomic E-state index is -3.45. The lowest BCUT2D eigenvalue weighted by atomic mass is 10.1. The molecule has 1 unspecified atom stereocenters. The number of piperidine rings is 1. The van der Waals surface area contributed by atoms with E-state index in [9.17, 15) is 13.2 Å². The fraction of sp³-hybridized carbons (Fsp3) is 0.900. The average Bonchev–Trinajstić information content (AvgIpc) is 2.25. The molecule has 0 radical (unpaired) electrons. The van der Waals surface area contributed by atoms with Crippen molar-refractivity contribution in [3.8, 4) is 0 Å². The number of carbonyl (C=O) groups is 1. The van der Waals surface area contributed by atoms with Gasteiger partial charge in [0.2, 0.25) is 10.0 Å². The molecule has 1 aliphatic heterocycles.